The Kier molecular flexibility index (Phi) is 7.17. The van der Waals surface area contributed by atoms with Crippen LogP contribution in [0, 0.1) is 0 Å². The number of hydrogen-bond acceptors (Lipinski definition) is 3. The number of benzene rings is 10. The first kappa shape index (κ1) is 31.2. The smallest absolute Gasteiger partial charge is 0.136 e. The summed E-state index contributed by atoms with van der Waals surface area (Å²) < 4.78 is 6.56. The molecule has 10 aromatic carbocycles. The third-order valence-corrected chi connectivity index (χ3v) is 10.9. The molecule has 0 aliphatic rings. The van der Waals surface area contributed by atoms with Crippen LogP contribution in [0.25, 0.3) is 65.0 Å². The fraction of sp³-hybridized carbons (Fsp3) is 0. The molecule has 55 heavy (non-hydrogen) atoms. The van der Waals surface area contributed by atoms with E-state index < -0.39 is 0 Å². The molecule has 0 saturated heterocycles. The van der Waals surface area contributed by atoms with E-state index in [4.69, 9.17) is 4.42 Å². The topological polar surface area (TPSA) is 19.6 Å². The van der Waals surface area contributed by atoms with Gasteiger partial charge >= 0.3 is 0 Å². The SMILES string of the molecule is c1ccc(N(c2ccc3ccccc3c2)c2ccc3c(ccc4oc5ccc6cc(N(c7ccccc7)c7ccc8ccccc8c7)ccc6c5c43)c2)cc1. The second-order valence-corrected chi connectivity index (χ2v) is 14.2. The van der Waals surface area contributed by atoms with Crippen LogP contribution in [0.4, 0.5) is 34.1 Å². The van der Waals surface area contributed by atoms with Gasteiger partial charge in [0.05, 0.1) is 0 Å². The van der Waals surface area contributed by atoms with Crippen LogP contribution < -0.4 is 9.80 Å². The first-order chi connectivity index (χ1) is 27.2. The van der Waals surface area contributed by atoms with E-state index in [-0.39, 0.29) is 0 Å². The highest BCUT2D eigenvalue weighted by Gasteiger charge is 2.19. The van der Waals surface area contributed by atoms with Crippen LogP contribution in [0.1, 0.15) is 0 Å². The molecule has 0 amide bonds. The van der Waals surface area contributed by atoms with Crippen molar-refractivity contribution >= 4 is 99.2 Å². The summed E-state index contributed by atoms with van der Waals surface area (Å²) in [6.07, 6.45) is 0. The van der Waals surface area contributed by atoms with Crippen molar-refractivity contribution in [3.63, 3.8) is 0 Å². The van der Waals surface area contributed by atoms with Crippen molar-refractivity contribution in [2.24, 2.45) is 0 Å². The van der Waals surface area contributed by atoms with Crippen molar-refractivity contribution in [3.05, 3.63) is 206 Å². The van der Waals surface area contributed by atoms with Gasteiger partial charge in [-0.2, -0.15) is 0 Å². The zero-order valence-electron chi connectivity index (χ0n) is 29.9. The van der Waals surface area contributed by atoms with E-state index in [9.17, 15) is 0 Å². The van der Waals surface area contributed by atoms with E-state index in [1.807, 2.05) is 0 Å². The average molecular weight is 703 g/mol. The van der Waals surface area contributed by atoms with Crippen molar-refractivity contribution in [2.45, 2.75) is 0 Å². The van der Waals surface area contributed by atoms with Crippen LogP contribution >= 0.6 is 0 Å². The lowest BCUT2D eigenvalue weighted by molar-refractivity contribution is 0.669. The van der Waals surface area contributed by atoms with Gasteiger partial charge in [-0.15, -0.1) is 0 Å². The summed E-state index contributed by atoms with van der Waals surface area (Å²) in [7, 11) is 0. The van der Waals surface area contributed by atoms with Gasteiger partial charge in [-0.1, -0.05) is 121 Å². The molecule has 1 heterocycles. The minimum Gasteiger partial charge on any atom is -0.456 e. The summed E-state index contributed by atoms with van der Waals surface area (Å²) in [6.45, 7) is 0. The van der Waals surface area contributed by atoms with E-state index in [0.717, 1.165) is 66.8 Å². The van der Waals surface area contributed by atoms with Gasteiger partial charge in [-0.05, 0) is 128 Å². The lowest BCUT2D eigenvalue weighted by Crippen LogP contribution is -2.09. The molecule has 0 unspecified atom stereocenters. The normalized spacial score (nSPS) is 11.6. The predicted molar refractivity (Wildman–Crippen MR) is 233 cm³/mol. The van der Waals surface area contributed by atoms with Crippen molar-refractivity contribution < 1.29 is 4.42 Å². The summed E-state index contributed by atoms with van der Waals surface area (Å²) >= 11 is 0. The van der Waals surface area contributed by atoms with Gasteiger partial charge in [0.15, 0.2) is 0 Å². The van der Waals surface area contributed by atoms with E-state index >= 15 is 0 Å². The molecule has 11 aromatic rings. The van der Waals surface area contributed by atoms with Gasteiger partial charge in [-0.25, -0.2) is 0 Å². The maximum atomic E-state index is 6.56. The average Bonchev–Trinajstić information content (AvgIpc) is 3.64. The maximum absolute atomic E-state index is 6.56. The number of rotatable bonds is 6. The molecule has 0 atom stereocenters. The first-order valence-electron chi connectivity index (χ1n) is 18.7. The number of fused-ring (bicyclic) bond motifs is 9. The largest absolute Gasteiger partial charge is 0.456 e. The van der Waals surface area contributed by atoms with Gasteiger partial charge in [0.25, 0.3) is 0 Å². The fourth-order valence-corrected chi connectivity index (χ4v) is 8.36. The van der Waals surface area contributed by atoms with Crippen LogP contribution in [0.3, 0.4) is 0 Å². The summed E-state index contributed by atoms with van der Waals surface area (Å²) in [5, 5.41) is 11.8. The van der Waals surface area contributed by atoms with Crippen LogP contribution in [-0.2, 0) is 0 Å². The second-order valence-electron chi connectivity index (χ2n) is 14.2. The van der Waals surface area contributed by atoms with E-state index in [1.54, 1.807) is 0 Å². The first-order valence-corrected chi connectivity index (χ1v) is 18.7. The molecule has 0 saturated carbocycles. The number of furan rings is 1. The lowest BCUT2D eigenvalue weighted by Gasteiger charge is -2.26. The van der Waals surface area contributed by atoms with Crippen molar-refractivity contribution in [2.75, 3.05) is 9.80 Å². The Morgan fingerprint density at radius 2 is 0.600 bits per heavy atom. The monoisotopic (exact) mass is 702 g/mol. The Morgan fingerprint density at radius 1 is 0.255 bits per heavy atom. The Bertz CT molecular complexity index is 3000. The van der Waals surface area contributed by atoms with Crippen LogP contribution in [0.2, 0.25) is 0 Å². The van der Waals surface area contributed by atoms with Crippen molar-refractivity contribution in [1.82, 2.24) is 0 Å². The van der Waals surface area contributed by atoms with Gasteiger partial charge in [-0.3, -0.25) is 0 Å². The third kappa shape index (κ3) is 5.28. The second kappa shape index (κ2) is 12.6. The number of nitrogens with zero attached hydrogens (tertiary/aromatic N) is 2. The Balaban J connectivity index is 1.07. The Hall–Kier alpha value is -7.36. The van der Waals surface area contributed by atoms with Crippen LogP contribution in [0.5, 0.6) is 0 Å². The molecule has 258 valence electrons. The standard InChI is InChI=1S/C52H34N2O/c1-3-15-41(16-4-1)53(43-23-19-35-11-7-9-13-37(35)31-43)45-25-27-47-39(33-45)21-29-49-51(47)52-48-28-26-46(34-40(48)22-30-50(52)55-49)54(42-17-5-2-6-18-42)44-24-20-36-12-8-10-14-38(36)32-44/h1-34H. The molecule has 0 spiro atoms. The molecule has 0 aliphatic carbocycles. The van der Waals surface area contributed by atoms with Crippen LogP contribution in [-0.4, -0.2) is 0 Å². The third-order valence-electron chi connectivity index (χ3n) is 10.9. The molecule has 1 aromatic heterocycles. The quantitative estimate of drug-likeness (QED) is 0.172. The number of hydrogen-bond donors (Lipinski definition) is 0. The van der Waals surface area contributed by atoms with E-state index in [0.29, 0.717) is 0 Å². The highest BCUT2D eigenvalue weighted by molar-refractivity contribution is 6.26. The van der Waals surface area contributed by atoms with Gasteiger partial charge in [0, 0.05) is 44.9 Å². The minimum atomic E-state index is 0.892. The van der Waals surface area contributed by atoms with E-state index in [1.165, 1.54) is 32.3 Å². The summed E-state index contributed by atoms with van der Waals surface area (Å²) in [4.78, 5) is 4.68. The molecular weight excluding hydrogens is 669 g/mol. The molecule has 11 rings (SSSR count). The van der Waals surface area contributed by atoms with Crippen LogP contribution in [0.15, 0.2) is 211 Å². The summed E-state index contributed by atoms with van der Waals surface area (Å²) in [5.41, 5.74) is 8.45. The number of anilines is 6. The molecule has 0 radical (unpaired) electrons. The Morgan fingerprint density at radius 3 is 1.04 bits per heavy atom. The molecule has 0 fully saturated rings. The van der Waals surface area contributed by atoms with Gasteiger partial charge in [0.2, 0.25) is 0 Å². The highest BCUT2D eigenvalue weighted by atomic mass is 16.3. The summed E-state index contributed by atoms with van der Waals surface area (Å²) in [6, 6.07) is 74.0. The van der Waals surface area contributed by atoms with Gasteiger partial charge in [0.1, 0.15) is 11.2 Å². The van der Waals surface area contributed by atoms with Gasteiger partial charge < -0.3 is 14.2 Å². The molecule has 0 bridgehead atoms. The van der Waals surface area contributed by atoms with Crippen molar-refractivity contribution in [3.8, 4) is 0 Å². The molecule has 0 N–H and O–H groups in total. The zero-order chi connectivity index (χ0) is 36.3. The summed E-state index contributed by atoms with van der Waals surface area (Å²) in [5.74, 6) is 0. The number of para-hydroxylation sites is 2. The predicted octanol–water partition coefficient (Wildman–Crippen LogP) is 15.1. The zero-order valence-corrected chi connectivity index (χ0v) is 29.9. The molecule has 3 nitrogen and oxygen atoms in total. The lowest BCUT2D eigenvalue weighted by atomic mass is 9.98. The molecule has 3 heteroatoms. The van der Waals surface area contributed by atoms with E-state index in [2.05, 4.69) is 216 Å². The fourth-order valence-electron chi connectivity index (χ4n) is 8.36. The molecular formula is C52H34N2O. The molecule has 0 aliphatic heterocycles. The van der Waals surface area contributed by atoms with Crippen molar-refractivity contribution in [1.29, 1.82) is 0 Å². The minimum absolute atomic E-state index is 0.892. The highest BCUT2D eigenvalue weighted by Crippen LogP contribution is 2.44. The maximum Gasteiger partial charge on any atom is 0.136 e. The Labute approximate surface area is 318 Å².